The average molecular weight is 469 g/mol. The lowest BCUT2D eigenvalue weighted by Gasteiger charge is -2.13. The van der Waals surface area contributed by atoms with Gasteiger partial charge in [-0.25, -0.2) is 0 Å². The SMILES string of the molecule is CCOCCCNc1nnc(S[C@@H](C)C(=O)Nc2ccc(Cl)c(C(F)(F)F)c2)s1. The summed E-state index contributed by atoms with van der Waals surface area (Å²) in [7, 11) is 0. The van der Waals surface area contributed by atoms with Crippen molar-refractivity contribution in [3.05, 3.63) is 28.8 Å². The highest BCUT2D eigenvalue weighted by Crippen LogP contribution is 2.36. The van der Waals surface area contributed by atoms with Crippen molar-refractivity contribution in [2.45, 2.75) is 36.0 Å². The number of carbonyl (C=O) groups excluding carboxylic acids is 1. The molecule has 2 rings (SSSR count). The van der Waals surface area contributed by atoms with Crippen LogP contribution in [0.2, 0.25) is 5.02 Å². The molecule has 0 aliphatic heterocycles. The van der Waals surface area contributed by atoms with Gasteiger partial charge in [0.25, 0.3) is 0 Å². The van der Waals surface area contributed by atoms with Gasteiger partial charge in [0.05, 0.1) is 15.8 Å². The van der Waals surface area contributed by atoms with Crippen molar-refractivity contribution in [3.63, 3.8) is 0 Å². The molecular formula is C17H20ClF3N4O2S2. The number of anilines is 2. The molecule has 12 heteroatoms. The van der Waals surface area contributed by atoms with Gasteiger partial charge in [0.15, 0.2) is 4.34 Å². The molecule has 1 amide bonds. The number of ether oxygens (including phenoxy) is 1. The van der Waals surface area contributed by atoms with Crippen LogP contribution in [0.25, 0.3) is 0 Å². The molecule has 0 spiro atoms. The van der Waals surface area contributed by atoms with Gasteiger partial charge in [0.2, 0.25) is 11.0 Å². The zero-order valence-corrected chi connectivity index (χ0v) is 18.1. The molecular weight excluding hydrogens is 449 g/mol. The Morgan fingerprint density at radius 1 is 1.38 bits per heavy atom. The number of halogens is 4. The number of rotatable bonds is 10. The lowest BCUT2D eigenvalue weighted by Crippen LogP contribution is -2.22. The molecule has 1 aromatic heterocycles. The molecule has 0 bridgehead atoms. The molecule has 6 nitrogen and oxygen atoms in total. The topological polar surface area (TPSA) is 76.1 Å². The predicted octanol–water partition coefficient (Wildman–Crippen LogP) is 5.17. The number of thioether (sulfide) groups is 1. The van der Waals surface area contributed by atoms with Crippen molar-refractivity contribution >= 4 is 51.4 Å². The minimum absolute atomic E-state index is 0.0214. The zero-order chi connectivity index (χ0) is 21.4. The lowest BCUT2D eigenvalue weighted by atomic mass is 10.2. The maximum Gasteiger partial charge on any atom is 0.417 e. The Kier molecular flexibility index (Phi) is 9.00. The fourth-order valence-electron chi connectivity index (χ4n) is 2.11. The minimum atomic E-state index is -4.60. The molecule has 0 radical (unpaired) electrons. The van der Waals surface area contributed by atoms with Crippen LogP contribution in [0.15, 0.2) is 22.5 Å². The van der Waals surface area contributed by atoms with Gasteiger partial charge in [-0.3, -0.25) is 4.79 Å². The highest BCUT2D eigenvalue weighted by Gasteiger charge is 2.33. The van der Waals surface area contributed by atoms with Gasteiger partial charge in [0, 0.05) is 25.4 Å². The van der Waals surface area contributed by atoms with E-state index in [-0.39, 0.29) is 5.69 Å². The molecule has 1 heterocycles. The second-order valence-corrected chi connectivity index (χ2v) is 8.76. The molecule has 1 atom stereocenters. The highest BCUT2D eigenvalue weighted by molar-refractivity contribution is 8.02. The van der Waals surface area contributed by atoms with Crippen LogP contribution in [-0.2, 0) is 15.7 Å². The summed E-state index contributed by atoms with van der Waals surface area (Å²) in [6, 6.07) is 3.24. The predicted molar refractivity (Wildman–Crippen MR) is 110 cm³/mol. The van der Waals surface area contributed by atoms with Crippen molar-refractivity contribution in [2.24, 2.45) is 0 Å². The summed E-state index contributed by atoms with van der Waals surface area (Å²) in [6.07, 6.45) is -3.77. The lowest BCUT2D eigenvalue weighted by molar-refractivity contribution is -0.137. The van der Waals surface area contributed by atoms with E-state index >= 15 is 0 Å². The largest absolute Gasteiger partial charge is 0.417 e. The molecule has 2 aromatic rings. The van der Waals surface area contributed by atoms with Gasteiger partial charge < -0.3 is 15.4 Å². The average Bonchev–Trinajstić information content (AvgIpc) is 3.09. The van der Waals surface area contributed by atoms with Crippen molar-refractivity contribution < 1.29 is 22.7 Å². The van der Waals surface area contributed by atoms with Gasteiger partial charge in [-0.05, 0) is 38.5 Å². The van der Waals surface area contributed by atoms with E-state index < -0.39 is 27.9 Å². The monoisotopic (exact) mass is 468 g/mol. The second kappa shape index (κ2) is 11.0. The second-order valence-electron chi connectivity index (χ2n) is 5.79. The molecule has 0 aliphatic rings. The number of alkyl halides is 3. The summed E-state index contributed by atoms with van der Waals surface area (Å²) >= 11 is 8.06. The Balaban J connectivity index is 1.88. The number of carbonyl (C=O) groups is 1. The first-order valence-corrected chi connectivity index (χ1v) is 10.8. The maximum atomic E-state index is 12.9. The van der Waals surface area contributed by atoms with Crippen LogP contribution in [0.4, 0.5) is 24.0 Å². The van der Waals surface area contributed by atoms with E-state index in [0.717, 1.165) is 18.6 Å². The van der Waals surface area contributed by atoms with E-state index in [9.17, 15) is 18.0 Å². The molecule has 0 saturated carbocycles. The standard InChI is InChI=1S/C17H20ClF3N4O2S2/c1-3-27-8-4-7-22-15-24-25-16(29-15)28-10(2)14(26)23-11-5-6-13(18)12(9-11)17(19,20)21/h5-6,9-10H,3-4,7-8H2,1-2H3,(H,22,24)(H,23,26)/t10-/m0/s1. The summed E-state index contributed by atoms with van der Waals surface area (Å²) in [5.74, 6) is -0.452. The quantitative estimate of drug-likeness (QED) is 0.370. The summed E-state index contributed by atoms with van der Waals surface area (Å²) < 4.78 is 44.6. The number of hydrogen-bond acceptors (Lipinski definition) is 7. The number of nitrogens with zero attached hydrogens (tertiary/aromatic N) is 2. The Bertz CT molecular complexity index is 820. The van der Waals surface area contributed by atoms with Crippen LogP contribution < -0.4 is 10.6 Å². The summed E-state index contributed by atoms with van der Waals surface area (Å²) in [5.41, 5.74) is -0.977. The molecule has 0 aliphatic carbocycles. The van der Waals surface area contributed by atoms with Gasteiger partial charge in [-0.15, -0.1) is 10.2 Å². The first-order valence-electron chi connectivity index (χ1n) is 8.70. The van der Waals surface area contributed by atoms with E-state index in [4.69, 9.17) is 16.3 Å². The number of amides is 1. The van der Waals surface area contributed by atoms with E-state index in [1.807, 2.05) is 6.92 Å². The number of aromatic nitrogens is 2. The zero-order valence-electron chi connectivity index (χ0n) is 15.7. The number of hydrogen-bond donors (Lipinski definition) is 2. The first-order chi connectivity index (χ1) is 13.7. The van der Waals surface area contributed by atoms with Crippen LogP contribution in [0, 0.1) is 0 Å². The normalized spacial score (nSPS) is 12.6. The smallest absolute Gasteiger partial charge is 0.382 e. The molecule has 2 N–H and O–H groups in total. The highest BCUT2D eigenvalue weighted by atomic mass is 35.5. The minimum Gasteiger partial charge on any atom is -0.382 e. The Morgan fingerprint density at radius 3 is 2.83 bits per heavy atom. The van der Waals surface area contributed by atoms with Gasteiger partial charge in [-0.2, -0.15) is 13.2 Å². The van der Waals surface area contributed by atoms with Gasteiger partial charge in [0.1, 0.15) is 0 Å². The van der Waals surface area contributed by atoms with E-state index in [1.54, 1.807) is 6.92 Å². The van der Waals surface area contributed by atoms with Crippen molar-refractivity contribution in [1.29, 1.82) is 0 Å². The summed E-state index contributed by atoms with van der Waals surface area (Å²) in [5, 5.41) is 13.2. The fraction of sp³-hybridized carbons (Fsp3) is 0.471. The molecule has 29 heavy (non-hydrogen) atoms. The summed E-state index contributed by atoms with van der Waals surface area (Å²) in [6.45, 7) is 5.58. The van der Waals surface area contributed by atoms with E-state index in [0.29, 0.717) is 29.2 Å². The fourth-order valence-corrected chi connectivity index (χ4v) is 4.26. The van der Waals surface area contributed by atoms with Gasteiger partial charge >= 0.3 is 6.18 Å². The van der Waals surface area contributed by atoms with Crippen LogP contribution in [0.5, 0.6) is 0 Å². The van der Waals surface area contributed by atoms with Crippen LogP contribution >= 0.6 is 34.7 Å². The Hall–Kier alpha value is -1.56. The number of benzene rings is 1. The third-order valence-corrected chi connectivity index (χ3v) is 5.93. The first kappa shape index (κ1) is 23.7. The van der Waals surface area contributed by atoms with Gasteiger partial charge in [-0.1, -0.05) is 34.7 Å². The molecule has 160 valence electrons. The molecule has 0 saturated heterocycles. The van der Waals surface area contributed by atoms with E-state index in [1.165, 1.54) is 29.2 Å². The molecule has 0 unspecified atom stereocenters. The van der Waals surface area contributed by atoms with Crippen LogP contribution in [-0.4, -0.2) is 41.1 Å². The Morgan fingerprint density at radius 2 is 2.14 bits per heavy atom. The van der Waals surface area contributed by atoms with Crippen LogP contribution in [0.1, 0.15) is 25.8 Å². The molecule has 0 fully saturated rings. The Labute approximate surface area is 179 Å². The van der Waals surface area contributed by atoms with E-state index in [2.05, 4.69) is 20.8 Å². The third kappa shape index (κ3) is 7.65. The van der Waals surface area contributed by atoms with Crippen LogP contribution in [0.3, 0.4) is 0 Å². The third-order valence-electron chi connectivity index (χ3n) is 3.54. The summed E-state index contributed by atoms with van der Waals surface area (Å²) in [4.78, 5) is 12.3. The van der Waals surface area contributed by atoms with Crippen molar-refractivity contribution in [3.8, 4) is 0 Å². The van der Waals surface area contributed by atoms with Crippen molar-refractivity contribution in [2.75, 3.05) is 30.4 Å². The molecule has 1 aromatic carbocycles. The van der Waals surface area contributed by atoms with Crippen molar-refractivity contribution in [1.82, 2.24) is 10.2 Å². The number of nitrogens with one attached hydrogen (secondary N) is 2. The maximum absolute atomic E-state index is 12.9.